The van der Waals surface area contributed by atoms with Crippen LogP contribution in [0.2, 0.25) is 10.0 Å². The topological polar surface area (TPSA) is 76.5 Å². The molecule has 0 saturated carbocycles. The second-order valence-electron chi connectivity index (χ2n) is 10.1. The molecule has 7 nitrogen and oxygen atoms in total. The van der Waals surface area contributed by atoms with Gasteiger partial charge in [-0.1, -0.05) is 35.3 Å². The number of carbonyl (C=O) groups is 2. The van der Waals surface area contributed by atoms with Crippen molar-refractivity contribution in [2.75, 3.05) is 19.1 Å². The molecule has 40 heavy (non-hydrogen) atoms. The van der Waals surface area contributed by atoms with Crippen LogP contribution in [0, 0.1) is 13.8 Å². The lowest BCUT2D eigenvalue weighted by Gasteiger charge is -2.30. The van der Waals surface area contributed by atoms with Crippen LogP contribution < -0.4 is 15.0 Å². The van der Waals surface area contributed by atoms with Gasteiger partial charge in [-0.25, -0.2) is 4.98 Å². The quantitative estimate of drug-likeness (QED) is 0.264. The average molecular weight is 578 g/mol. The van der Waals surface area contributed by atoms with E-state index in [0.29, 0.717) is 44.1 Å². The van der Waals surface area contributed by atoms with Gasteiger partial charge in [-0.2, -0.15) is 0 Å². The molecule has 1 aliphatic heterocycles. The number of carbonyl (C=O) groups excluding carboxylic acids is 2. The van der Waals surface area contributed by atoms with E-state index in [1.807, 2.05) is 68.7 Å². The molecule has 1 unspecified atom stereocenters. The maximum Gasteiger partial charge on any atom is 0.279 e. The largest absolute Gasteiger partial charge is 0.497 e. The Hall–Kier alpha value is -3.81. The smallest absolute Gasteiger partial charge is 0.279 e. The summed E-state index contributed by atoms with van der Waals surface area (Å²) in [6.45, 7) is 8.01. The summed E-state index contributed by atoms with van der Waals surface area (Å²) in [5, 5.41) is 3.85. The molecule has 0 fully saturated rings. The normalized spacial score (nSPS) is 14.6. The third-order valence-electron chi connectivity index (χ3n) is 7.30. The Morgan fingerprint density at radius 3 is 2.35 bits per heavy atom. The van der Waals surface area contributed by atoms with Gasteiger partial charge in [0.2, 0.25) is 0 Å². The lowest BCUT2D eigenvalue weighted by molar-refractivity contribution is 0.0961. The maximum atomic E-state index is 14.3. The summed E-state index contributed by atoms with van der Waals surface area (Å²) in [6, 6.07) is 15.8. The molecule has 0 radical (unpaired) electrons. The van der Waals surface area contributed by atoms with Crippen LogP contribution in [-0.2, 0) is 0 Å². The Morgan fingerprint density at radius 1 is 1.00 bits per heavy atom. The molecule has 0 bridgehead atoms. The molecule has 0 spiro atoms. The number of ether oxygens (including phenoxy) is 1. The molecule has 1 aliphatic rings. The molecule has 1 N–H and O–H groups in total. The summed E-state index contributed by atoms with van der Waals surface area (Å²) in [4.78, 5) is 33.9. The van der Waals surface area contributed by atoms with Gasteiger partial charge in [0.1, 0.15) is 17.6 Å². The van der Waals surface area contributed by atoms with Crippen molar-refractivity contribution >= 4 is 40.7 Å². The van der Waals surface area contributed by atoms with Gasteiger partial charge in [0, 0.05) is 34.4 Å². The highest BCUT2D eigenvalue weighted by Gasteiger charge is 2.45. The van der Waals surface area contributed by atoms with Crippen LogP contribution in [0.5, 0.6) is 5.75 Å². The molecule has 5 rings (SSSR count). The first-order valence-corrected chi connectivity index (χ1v) is 13.7. The van der Waals surface area contributed by atoms with E-state index in [9.17, 15) is 9.59 Å². The van der Waals surface area contributed by atoms with Crippen molar-refractivity contribution in [3.8, 4) is 17.1 Å². The number of amides is 2. The summed E-state index contributed by atoms with van der Waals surface area (Å²) >= 11 is 12.8. The van der Waals surface area contributed by atoms with Crippen LogP contribution in [0.25, 0.3) is 11.4 Å². The van der Waals surface area contributed by atoms with Gasteiger partial charge in [0.25, 0.3) is 11.8 Å². The second kappa shape index (κ2) is 10.6. The van der Waals surface area contributed by atoms with Crippen molar-refractivity contribution in [3.05, 3.63) is 98.3 Å². The van der Waals surface area contributed by atoms with Crippen molar-refractivity contribution in [2.24, 2.45) is 0 Å². The first-order valence-electron chi connectivity index (χ1n) is 13.0. The molecule has 9 heteroatoms. The molecule has 1 aromatic heterocycles. The van der Waals surface area contributed by atoms with Gasteiger partial charge in [0.15, 0.2) is 5.69 Å². The van der Waals surface area contributed by atoms with E-state index >= 15 is 0 Å². The molecule has 3 aromatic carbocycles. The van der Waals surface area contributed by atoms with Crippen molar-refractivity contribution in [2.45, 2.75) is 39.8 Å². The summed E-state index contributed by atoms with van der Waals surface area (Å²) in [5.74, 6) is 0.590. The maximum absolute atomic E-state index is 14.3. The van der Waals surface area contributed by atoms with E-state index in [1.165, 1.54) is 0 Å². The summed E-state index contributed by atoms with van der Waals surface area (Å²) in [7, 11) is 3.15. The molecular weight excluding hydrogens is 547 g/mol. The highest BCUT2D eigenvalue weighted by atomic mass is 35.5. The van der Waals surface area contributed by atoms with Crippen LogP contribution in [0.15, 0.2) is 54.6 Å². The number of benzene rings is 3. The summed E-state index contributed by atoms with van der Waals surface area (Å²) in [5.41, 5.74) is 5.55. The fraction of sp³-hybridized carbons (Fsp3) is 0.258. The predicted molar refractivity (Wildman–Crippen MR) is 159 cm³/mol. The highest BCUT2D eigenvalue weighted by molar-refractivity contribution is 6.31. The third-order valence-corrected chi connectivity index (χ3v) is 7.77. The summed E-state index contributed by atoms with van der Waals surface area (Å²) in [6.07, 6.45) is 0. The Balaban J connectivity index is 1.84. The van der Waals surface area contributed by atoms with Gasteiger partial charge < -0.3 is 14.6 Å². The lowest BCUT2D eigenvalue weighted by atomic mass is 9.97. The number of rotatable bonds is 6. The third kappa shape index (κ3) is 4.53. The number of hydrogen-bond donors (Lipinski definition) is 1. The summed E-state index contributed by atoms with van der Waals surface area (Å²) < 4.78 is 7.54. The van der Waals surface area contributed by atoms with Gasteiger partial charge >= 0.3 is 0 Å². The average Bonchev–Trinajstić information content (AvgIpc) is 3.44. The molecule has 4 aromatic rings. The first kappa shape index (κ1) is 27.7. The minimum absolute atomic E-state index is 0.0988. The second-order valence-corrected chi connectivity index (χ2v) is 11.0. The van der Waals surface area contributed by atoms with E-state index in [2.05, 4.69) is 5.32 Å². The first-order chi connectivity index (χ1) is 19.1. The Morgan fingerprint density at radius 2 is 1.70 bits per heavy atom. The Labute approximate surface area is 243 Å². The van der Waals surface area contributed by atoms with Gasteiger partial charge in [-0.3, -0.25) is 14.5 Å². The van der Waals surface area contributed by atoms with Gasteiger partial charge in [-0.15, -0.1) is 0 Å². The van der Waals surface area contributed by atoms with Crippen molar-refractivity contribution in [1.82, 2.24) is 14.9 Å². The van der Waals surface area contributed by atoms with Crippen molar-refractivity contribution in [1.29, 1.82) is 0 Å². The number of aryl methyl sites for hydroxylation is 2. The number of anilines is 1. The molecule has 2 amide bonds. The zero-order valence-electron chi connectivity index (χ0n) is 23.2. The molecule has 0 aliphatic carbocycles. The zero-order chi connectivity index (χ0) is 28.9. The number of fused-ring (bicyclic) bond motifs is 1. The minimum atomic E-state index is -0.505. The number of aromatic nitrogens is 2. The minimum Gasteiger partial charge on any atom is -0.497 e. The zero-order valence-corrected chi connectivity index (χ0v) is 24.7. The van der Waals surface area contributed by atoms with Crippen molar-refractivity contribution < 1.29 is 14.3 Å². The van der Waals surface area contributed by atoms with E-state index in [1.54, 1.807) is 37.3 Å². The fourth-order valence-corrected chi connectivity index (χ4v) is 5.81. The van der Waals surface area contributed by atoms with Gasteiger partial charge in [-0.05, 0) is 86.8 Å². The molecule has 206 valence electrons. The van der Waals surface area contributed by atoms with Crippen LogP contribution in [0.4, 0.5) is 5.69 Å². The number of nitrogens with zero attached hydrogens (tertiary/aromatic N) is 3. The highest BCUT2D eigenvalue weighted by Crippen LogP contribution is 2.47. The fourth-order valence-electron chi connectivity index (χ4n) is 5.42. The lowest BCUT2D eigenvalue weighted by Crippen LogP contribution is -2.31. The molecule has 1 atom stereocenters. The van der Waals surface area contributed by atoms with Crippen LogP contribution in [0.1, 0.15) is 69.2 Å². The number of imidazole rings is 1. The van der Waals surface area contributed by atoms with E-state index in [-0.39, 0.29) is 17.9 Å². The molecule has 0 saturated heterocycles. The standard InChI is InChI=1S/C31H30Cl2N4O3/c1-16(2)36-28-26(35-29(36)24-15-21(40-6)10-12-23(24)30(38)34-5)31(39)37(25-14-20(33)8-7-17(25)3)27(28)22-11-9-19(32)13-18(22)4/h7-16,27H,1-6H3,(H,34,38). The van der Waals surface area contributed by atoms with Crippen LogP contribution >= 0.6 is 23.2 Å². The Kier molecular flexibility index (Phi) is 7.38. The Bertz CT molecular complexity index is 1660. The van der Waals surface area contributed by atoms with Crippen LogP contribution in [-0.4, -0.2) is 35.5 Å². The number of hydrogen-bond acceptors (Lipinski definition) is 4. The van der Waals surface area contributed by atoms with E-state index in [0.717, 1.165) is 22.4 Å². The van der Waals surface area contributed by atoms with Crippen molar-refractivity contribution in [3.63, 3.8) is 0 Å². The number of halogens is 2. The molecular formula is C31H30Cl2N4O3. The van der Waals surface area contributed by atoms with Crippen LogP contribution in [0.3, 0.4) is 0 Å². The van der Waals surface area contributed by atoms with E-state index in [4.69, 9.17) is 32.9 Å². The SMILES string of the molecule is CNC(=O)c1ccc(OC)cc1-c1nc2c(n1C(C)C)C(c1ccc(Cl)cc1C)N(c1cc(Cl)ccc1C)C2=O. The van der Waals surface area contributed by atoms with E-state index < -0.39 is 6.04 Å². The molecule has 2 heterocycles. The van der Waals surface area contributed by atoms with Gasteiger partial charge in [0.05, 0.1) is 18.4 Å². The number of nitrogens with one attached hydrogen (secondary N) is 1. The number of methoxy groups -OCH3 is 1. The monoisotopic (exact) mass is 576 g/mol. The predicted octanol–water partition coefficient (Wildman–Crippen LogP) is 7.17.